The van der Waals surface area contributed by atoms with Gasteiger partial charge in [0.05, 0.1) is 24.6 Å². The molecule has 1 saturated heterocycles. The van der Waals surface area contributed by atoms with Gasteiger partial charge in [0.25, 0.3) is 5.91 Å². The summed E-state index contributed by atoms with van der Waals surface area (Å²) in [5, 5.41) is 12.5. The van der Waals surface area contributed by atoms with Crippen LogP contribution in [-0.2, 0) is 9.59 Å². The van der Waals surface area contributed by atoms with E-state index in [1.807, 2.05) is 0 Å². The predicted octanol–water partition coefficient (Wildman–Crippen LogP) is 3.25. The van der Waals surface area contributed by atoms with Crippen molar-refractivity contribution in [2.75, 3.05) is 13.1 Å². The maximum Gasteiger partial charge on any atom is 0.431 e. The maximum atomic E-state index is 14.0. The van der Waals surface area contributed by atoms with Crippen molar-refractivity contribution in [3.05, 3.63) is 35.6 Å². The van der Waals surface area contributed by atoms with Crippen molar-refractivity contribution in [1.29, 1.82) is 0 Å². The summed E-state index contributed by atoms with van der Waals surface area (Å²) in [6, 6.07) is 4.15. The zero-order valence-corrected chi connectivity index (χ0v) is 18.3. The average Bonchev–Trinajstić information content (AvgIpc) is 3.42. The third kappa shape index (κ3) is 4.88. The van der Waals surface area contributed by atoms with Crippen molar-refractivity contribution >= 4 is 24.3 Å². The van der Waals surface area contributed by atoms with Gasteiger partial charge in [-0.05, 0) is 31.4 Å². The molecule has 1 aromatic carbocycles. The Morgan fingerprint density at radius 2 is 1.91 bits per heavy atom. The second-order valence-electron chi connectivity index (χ2n) is 8.97. The number of rotatable bonds is 7. The standard InChI is InChI=1S/C23H30FN3O5/c1-16-7-6-12-27(16,23(31)25-21(29)19-10-4-5-11-20(19)24)22(30)18(14-26(32)15-28)13-17-8-2-3-9-17/h4-5,10-11,15-18,32H,2-3,6-9,12-14H2,1H3/p+1/t16-,18-,27?/m1/s1. The number of carbonyl (C=O) groups is 4. The van der Waals surface area contributed by atoms with Crippen molar-refractivity contribution < 1.29 is 33.3 Å². The van der Waals surface area contributed by atoms with Crippen LogP contribution in [0.2, 0.25) is 0 Å². The molecule has 1 aromatic rings. The van der Waals surface area contributed by atoms with Gasteiger partial charge in [-0.3, -0.25) is 14.8 Å². The van der Waals surface area contributed by atoms with Crippen molar-refractivity contribution in [1.82, 2.24) is 10.4 Å². The summed E-state index contributed by atoms with van der Waals surface area (Å²) in [7, 11) is 0. The third-order valence-electron chi connectivity index (χ3n) is 6.95. The first-order valence-electron chi connectivity index (χ1n) is 11.2. The van der Waals surface area contributed by atoms with E-state index in [4.69, 9.17) is 0 Å². The van der Waals surface area contributed by atoms with Crippen molar-refractivity contribution in [2.45, 2.75) is 57.9 Å². The van der Waals surface area contributed by atoms with Crippen LogP contribution >= 0.6 is 0 Å². The Bertz CT molecular complexity index is 873. The van der Waals surface area contributed by atoms with Crippen molar-refractivity contribution in [2.24, 2.45) is 11.8 Å². The topological polar surface area (TPSA) is 104 Å². The Morgan fingerprint density at radius 1 is 1.22 bits per heavy atom. The van der Waals surface area contributed by atoms with Gasteiger partial charge in [0.1, 0.15) is 11.9 Å². The van der Waals surface area contributed by atoms with Crippen LogP contribution < -0.4 is 5.32 Å². The minimum Gasteiger partial charge on any atom is -0.286 e. The smallest absolute Gasteiger partial charge is 0.286 e. The molecular weight excluding hydrogens is 417 g/mol. The average molecular weight is 449 g/mol. The quantitative estimate of drug-likeness (QED) is 0.288. The highest BCUT2D eigenvalue weighted by molar-refractivity contribution is 6.04. The van der Waals surface area contributed by atoms with Gasteiger partial charge in [-0.2, -0.15) is 4.48 Å². The van der Waals surface area contributed by atoms with Gasteiger partial charge in [0.2, 0.25) is 6.41 Å². The fourth-order valence-electron chi connectivity index (χ4n) is 5.21. The minimum atomic E-state index is -0.901. The highest BCUT2D eigenvalue weighted by Crippen LogP contribution is 2.35. The zero-order valence-electron chi connectivity index (χ0n) is 18.3. The lowest BCUT2D eigenvalue weighted by atomic mass is 9.91. The molecule has 2 fully saturated rings. The molecule has 0 spiro atoms. The number of nitrogens with zero attached hydrogens (tertiary/aromatic N) is 2. The van der Waals surface area contributed by atoms with Crippen LogP contribution in [0.25, 0.3) is 0 Å². The lowest BCUT2D eigenvalue weighted by Crippen LogP contribution is -2.65. The van der Waals surface area contributed by atoms with Crippen LogP contribution in [0.15, 0.2) is 24.3 Å². The minimum absolute atomic E-state index is 0.208. The molecule has 0 aromatic heterocycles. The van der Waals surface area contributed by atoms with Gasteiger partial charge in [0, 0.05) is 12.8 Å². The van der Waals surface area contributed by atoms with Gasteiger partial charge < -0.3 is 0 Å². The number of benzene rings is 1. The summed E-state index contributed by atoms with van der Waals surface area (Å²) in [5.74, 6) is -2.54. The maximum absolute atomic E-state index is 14.0. The summed E-state index contributed by atoms with van der Waals surface area (Å²) in [5.41, 5.74) is -0.275. The first-order chi connectivity index (χ1) is 15.3. The van der Waals surface area contributed by atoms with Crippen LogP contribution in [-0.4, -0.2) is 58.1 Å². The summed E-state index contributed by atoms with van der Waals surface area (Å²) in [6.45, 7) is 1.78. The molecule has 3 rings (SSSR count). The first kappa shape index (κ1) is 24.0. The molecule has 2 aliphatic rings. The fraction of sp³-hybridized carbons (Fsp3) is 0.565. The Balaban J connectivity index is 1.87. The van der Waals surface area contributed by atoms with Gasteiger partial charge in [-0.1, -0.05) is 37.8 Å². The van der Waals surface area contributed by atoms with Crippen molar-refractivity contribution in [3.8, 4) is 0 Å². The lowest BCUT2D eigenvalue weighted by Gasteiger charge is -2.36. The molecule has 8 nitrogen and oxygen atoms in total. The predicted molar refractivity (Wildman–Crippen MR) is 113 cm³/mol. The molecular formula is C23H31FN3O5+. The van der Waals surface area contributed by atoms with Gasteiger partial charge >= 0.3 is 11.9 Å². The molecule has 1 aliphatic heterocycles. The zero-order chi connectivity index (χ0) is 23.3. The lowest BCUT2D eigenvalue weighted by molar-refractivity contribution is -0.786. The van der Waals surface area contributed by atoms with Crippen LogP contribution in [0, 0.1) is 17.7 Å². The summed E-state index contributed by atoms with van der Waals surface area (Å²) in [4.78, 5) is 50.8. The number of amides is 5. The number of hydrogen-bond donors (Lipinski definition) is 2. The van der Waals surface area contributed by atoms with E-state index in [1.165, 1.54) is 18.2 Å². The summed E-state index contributed by atoms with van der Waals surface area (Å²) < 4.78 is 13.4. The molecule has 1 saturated carbocycles. The Labute approximate surface area is 186 Å². The van der Waals surface area contributed by atoms with E-state index >= 15 is 0 Å². The van der Waals surface area contributed by atoms with Gasteiger partial charge in [0.15, 0.2) is 0 Å². The second kappa shape index (κ2) is 10.3. The highest BCUT2D eigenvalue weighted by atomic mass is 19.1. The number of halogens is 1. The van der Waals surface area contributed by atoms with Crippen LogP contribution in [0.4, 0.5) is 9.18 Å². The van der Waals surface area contributed by atoms with Crippen LogP contribution in [0.3, 0.4) is 0 Å². The van der Waals surface area contributed by atoms with Crippen molar-refractivity contribution in [3.63, 3.8) is 0 Å². The van der Waals surface area contributed by atoms with E-state index in [-0.39, 0.29) is 37.0 Å². The molecule has 1 aliphatic carbocycles. The number of likely N-dealkylation sites (tertiary alicyclic amines) is 1. The molecule has 1 unspecified atom stereocenters. The molecule has 2 N–H and O–H groups in total. The number of hydrogen-bond acceptors (Lipinski definition) is 5. The molecule has 9 heteroatoms. The number of carbonyl (C=O) groups excluding carboxylic acids is 4. The fourth-order valence-corrected chi connectivity index (χ4v) is 5.21. The van der Waals surface area contributed by atoms with E-state index in [9.17, 15) is 28.8 Å². The number of imide groups is 2. The van der Waals surface area contributed by atoms with Gasteiger partial charge in [-0.15, -0.1) is 0 Å². The highest BCUT2D eigenvalue weighted by Gasteiger charge is 2.55. The van der Waals surface area contributed by atoms with E-state index < -0.39 is 34.1 Å². The molecule has 0 radical (unpaired) electrons. The normalized spacial score (nSPS) is 24.2. The molecule has 5 amide bonds. The molecule has 32 heavy (non-hydrogen) atoms. The molecule has 1 heterocycles. The largest absolute Gasteiger partial charge is 0.431 e. The number of quaternary nitrogens is 1. The third-order valence-corrected chi connectivity index (χ3v) is 6.95. The SMILES string of the molecule is C[C@@H]1CCC[N+]1(C(=O)NC(=O)c1ccccc1F)C(=O)[C@H](CC1CCCC1)CN(O)C=O. The van der Waals surface area contributed by atoms with E-state index in [0.29, 0.717) is 24.3 Å². The summed E-state index contributed by atoms with van der Waals surface area (Å²) in [6.07, 6.45) is 5.99. The van der Waals surface area contributed by atoms with E-state index in [1.54, 1.807) is 6.92 Å². The Hall–Kier alpha value is -2.65. The summed E-state index contributed by atoms with van der Waals surface area (Å²) >= 11 is 0. The number of hydroxylamine groups is 2. The Kier molecular flexibility index (Phi) is 7.73. The number of urea groups is 1. The Morgan fingerprint density at radius 3 is 2.50 bits per heavy atom. The molecule has 0 bridgehead atoms. The molecule has 174 valence electrons. The van der Waals surface area contributed by atoms with Crippen LogP contribution in [0.5, 0.6) is 0 Å². The second-order valence-corrected chi connectivity index (χ2v) is 8.97. The first-order valence-corrected chi connectivity index (χ1v) is 11.2. The monoisotopic (exact) mass is 448 g/mol. The number of nitrogens with one attached hydrogen (secondary N) is 1. The molecule has 3 atom stereocenters. The van der Waals surface area contributed by atoms with E-state index in [0.717, 1.165) is 31.7 Å². The van der Waals surface area contributed by atoms with Gasteiger partial charge in [-0.25, -0.2) is 24.4 Å². The van der Waals surface area contributed by atoms with E-state index in [2.05, 4.69) is 5.32 Å². The van der Waals surface area contributed by atoms with Crippen LogP contribution in [0.1, 0.15) is 62.2 Å².